The molecule has 1 aromatic heterocycles. The van der Waals surface area contributed by atoms with E-state index in [9.17, 15) is 9.59 Å². The van der Waals surface area contributed by atoms with Gasteiger partial charge in [-0.05, 0) is 18.6 Å². The van der Waals surface area contributed by atoms with Crippen molar-refractivity contribution >= 4 is 18.0 Å². The van der Waals surface area contributed by atoms with Crippen LogP contribution >= 0.6 is 0 Å². The van der Waals surface area contributed by atoms with Gasteiger partial charge in [-0.1, -0.05) is 29.8 Å². The van der Waals surface area contributed by atoms with Crippen LogP contribution in [-0.4, -0.2) is 34.3 Å². The monoisotopic (exact) mass is 326 g/mol. The summed E-state index contributed by atoms with van der Waals surface area (Å²) in [5, 5.41) is 0. The first-order valence-corrected chi connectivity index (χ1v) is 7.56. The minimum atomic E-state index is -0.417. The van der Waals surface area contributed by atoms with E-state index >= 15 is 0 Å². The molecule has 6 nitrogen and oxygen atoms in total. The predicted octanol–water partition coefficient (Wildman–Crippen LogP) is 1.68. The molecular weight excluding hydrogens is 304 g/mol. The summed E-state index contributed by atoms with van der Waals surface area (Å²) in [7, 11) is 6.81. The van der Waals surface area contributed by atoms with Crippen LogP contribution in [0.4, 0.5) is 5.69 Å². The Bertz CT molecular complexity index is 900. The Morgan fingerprint density at radius 2 is 1.67 bits per heavy atom. The van der Waals surface area contributed by atoms with Gasteiger partial charge in [0, 0.05) is 40.6 Å². The van der Waals surface area contributed by atoms with Crippen LogP contribution in [0.15, 0.2) is 45.0 Å². The summed E-state index contributed by atoms with van der Waals surface area (Å²) < 4.78 is 2.48. The van der Waals surface area contributed by atoms with Gasteiger partial charge in [-0.3, -0.25) is 13.9 Å². The number of nitrogens with zero attached hydrogens (tertiary/aromatic N) is 4. The molecule has 2 aromatic rings. The number of hydrogen-bond acceptors (Lipinski definition) is 4. The van der Waals surface area contributed by atoms with Gasteiger partial charge in [-0.25, -0.2) is 9.79 Å². The average Bonchev–Trinajstić information content (AvgIpc) is 2.55. The molecule has 0 N–H and O–H groups in total. The number of aliphatic imine (C=N–C) groups is 1. The maximum atomic E-state index is 12.5. The number of rotatable bonds is 4. The average molecular weight is 326 g/mol. The first-order chi connectivity index (χ1) is 11.3. The van der Waals surface area contributed by atoms with Gasteiger partial charge in [0.2, 0.25) is 0 Å². The fourth-order valence-electron chi connectivity index (χ4n) is 2.17. The normalized spacial score (nSPS) is 11.5. The summed E-state index contributed by atoms with van der Waals surface area (Å²) >= 11 is 0. The molecule has 0 saturated carbocycles. The van der Waals surface area contributed by atoms with Crippen LogP contribution in [0.3, 0.4) is 0 Å². The van der Waals surface area contributed by atoms with Gasteiger partial charge in [0.15, 0.2) is 5.69 Å². The second kappa shape index (κ2) is 7.12. The van der Waals surface area contributed by atoms with E-state index in [2.05, 4.69) is 4.99 Å². The third-order valence-electron chi connectivity index (χ3n) is 3.64. The van der Waals surface area contributed by atoms with Gasteiger partial charge in [0.25, 0.3) is 5.56 Å². The van der Waals surface area contributed by atoms with E-state index in [1.54, 1.807) is 25.5 Å². The maximum Gasteiger partial charge on any atom is 0.331 e. The molecule has 0 radical (unpaired) electrons. The van der Waals surface area contributed by atoms with Crippen LogP contribution in [0.25, 0.3) is 6.08 Å². The summed E-state index contributed by atoms with van der Waals surface area (Å²) in [5.74, 6) is 0. The maximum absolute atomic E-state index is 12.5. The van der Waals surface area contributed by atoms with Crippen molar-refractivity contribution in [2.24, 2.45) is 19.1 Å². The molecule has 1 aromatic carbocycles. The predicted molar refractivity (Wildman–Crippen MR) is 98.1 cm³/mol. The van der Waals surface area contributed by atoms with Gasteiger partial charge in [-0.15, -0.1) is 0 Å². The Hall–Kier alpha value is -2.89. The minimum absolute atomic E-state index is 0.235. The third-order valence-corrected chi connectivity index (χ3v) is 3.64. The second-order valence-electron chi connectivity index (χ2n) is 5.89. The molecule has 0 bridgehead atoms. The van der Waals surface area contributed by atoms with Crippen molar-refractivity contribution in [3.63, 3.8) is 0 Å². The molecule has 2 rings (SSSR count). The zero-order chi connectivity index (χ0) is 17.9. The number of aryl methyl sites for hydroxylation is 1. The van der Waals surface area contributed by atoms with Crippen LogP contribution in [0, 0.1) is 6.92 Å². The Balaban J connectivity index is 2.60. The summed E-state index contributed by atoms with van der Waals surface area (Å²) in [6.07, 6.45) is 5.12. The lowest BCUT2D eigenvalue weighted by atomic mass is 10.2. The van der Waals surface area contributed by atoms with E-state index in [4.69, 9.17) is 0 Å². The molecule has 0 amide bonds. The Morgan fingerprint density at radius 1 is 1.04 bits per heavy atom. The largest absolute Gasteiger partial charge is 0.383 e. The highest BCUT2D eigenvalue weighted by atomic mass is 16.2. The van der Waals surface area contributed by atoms with Crippen LogP contribution in [0.1, 0.15) is 16.8 Å². The smallest absolute Gasteiger partial charge is 0.331 e. The molecule has 24 heavy (non-hydrogen) atoms. The van der Waals surface area contributed by atoms with Crippen LogP contribution < -0.4 is 11.2 Å². The van der Waals surface area contributed by atoms with Crippen molar-refractivity contribution in [3.05, 3.63) is 68.1 Å². The lowest BCUT2D eigenvalue weighted by Crippen LogP contribution is -2.37. The fraction of sp³-hybridized carbons (Fsp3) is 0.278. The fourth-order valence-corrected chi connectivity index (χ4v) is 2.17. The minimum Gasteiger partial charge on any atom is -0.383 e. The molecule has 0 saturated heterocycles. The molecule has 126 valence electrons. The summed E-state index contributed by atoms with van der Waals surface area (Å²) in [4.78, 5) is 30.8. The Morgan fingerprint density at radius 3 is 2.25 bits per heavy atom. The van der Waals surface area contributed by atoms with E-state index in [1.807, 2.05) is 50.2 Å². The number of hydrogen-bond donors (Lipinski definition) is 0. The standard InChI is InChI=1S/C18H22N4O2/c1-13-6-8-14(9-7-13)12-19-16-15(10-11-20(2)3)21(4)18(24)22(5)17(16)23/h6-12H,1-5H3/b11-10+,19-12?. The molecule has 1 heterocycles. The lowest BCUT2D eigenvalue weighted by Gasteiger charge is -2.11. The van der Waals surface area contributed by atoms with Crippen molar-refractivity contribution in [2.45, 2.75) is 6.92 Å². The zero-order valence-corrected chi connectivity index (χ0v) is 14.6. The van der Waals surface area contributed by atoms with Crippen molar-refractivity contribution in [3.8, 4) is 0 Å². The molecule has 0 aliphatic rings. The van der Waals surface area contributed by atoms with Crippen LogP contribution in [-0.2, 0) is 14.1 Å². The highest BCUT2D eigenvalue weighted by Gasteiger charge is 2.12. The molecule has 0 aliphatic heterocycles. The van der Waals surface area contributed by atoms with E-state index in [0.29, 0.717) is 5.69 Å². The molecule has 0 fully saturated rings. The van der Waals surface area contributed by atoms with Crippen LogP contribution in [0.5, 0.6) is 0 Å². The van der Waals surface area contributed by atoms with Crippen molar-refractivity contribution < 1.29 is 0 Å². The first-order valence-electron chi connectivity index (χ1n) is 7.56. The molecule has 0 spiro atoms. The molecule has 0 atom stereocenters. The highest BCUT2D eigenvalue weighted by Crippen LogP contribution is 2.14. The molecular formula is C18H22N4O2. The van der Waals surface area contributed by atoms with E-state index < -0.39 is 5.56 Å². The molecule has 0 aliphatic carbocycles. The van der Waals surface area contributed by atoms with Gasteiger partial charge < -0.3 is 4.90 Å². The molecule has 0 unspecified atom stereocenters. The summed E-state index contributed by atoms with van der Waals surface area (Å²) in [6, 6.07) is 7.82. The van der Waals surface area contributed by atoms with Crippen molar-refractivity contribution in [1.82, 2.24) is 14.0 Å². The third kappa shape index (κ3) is 3.71. The summed E-state index contributed by atoms with van der Waals surface area (Å²) in [6.45, 7) is 2.01. The lowest BCUT2D eigenvalue weighted by molar-refractivity contribution is 0.566. The van der Waals surface area contributed by atoms with Crippen LogP contribution in [0.2, 0.25) is 0 Å². The van der Waals surface area contributed by atoms with E-state index in [1.165, 1.54) is 11.6 Å². The van der Waals surface area contributed by atoms with Crippen molar-refractivity contribution in [1.29, 1.82) is 0 Å². The SMILES string of the molecule is Cc1ccc(C=Nc2c(/C=C/N(C)C)n(C)c(=O)n(C)c2=O)cc1. The second-order valence-corrected chi connectivity index (χ2v) is 5.89. The quantitative estimate of drug-likeness (QED) is 0.803. The summed E-state index contributed by atoms with van der Waals surface area (Å²) in [5.41, 5.74) is 1.95. The van der Waals surface area contributed by atoms with Gasteiger partial charge in [0.1, 0.15) is 0 Å². The number of aromatic nitrogens is 2. The van der Waals surface area contributed by atoms with Crippen molar-refractivity contribution in [2.75, 3.05) is 14.1 Å². The Kier molecular flexibility index (Phi) is 5.18. The Labute approximate surface area is 141 Å². The highest BCUT2D eigenvalue weighted by molar-refractivity contribution is 5.82. The van der Waals surface area contributed by atoms with Gasteiger partial charge >= 0.3 is 5.69 Å². The van der Waals surface area contributed by atoms with E-state index in [-0.39, 0.29) is 11.4 Å². The topological polar surface area (TPSA) is 59.6 Å². The van der Waals surface area contributed by atoms with E-state index in [0.717, 1.165) is 15.7 Å². The first kappa shape index (κ1) is 17.5. The van der Waals surface area contributed by atoms with Gasteiger partial charge in [-0.2, -0.15) is 0 Å². The van der Waals surface area contributed by atoms with Gasteiger partial charge in [0.05, 0.1) is 5.69 Å². The number of benzene rings is 1. The zero-order valence-electron chi connectivity index (χ0n) is 14.6. The molecule has 6 heteroatoms.